The van der Waals surface area contributed by atoms with Gasteiger partial charge in [0.25, 0.3) is 5.56 Å². The van der Waals surface area contributed by atoms with E-state index in [2.05, 4.69) is 10.1 Å². The zero-order valence-electron chi connectivity index (χ0n) is 13.6. The number of hydrogen-bond donors (Lipinski definition) is 1. The van der Waals surface area contributed by atoms with Crippen molar-refractivity contribution in [1.29, 1.82) is 0 Å². The van der Waals surface area contributed by atoms with Crippen LogP contribution < -0.4 is 5.56 Å². The minimum absolute atomic E-state index is 0.111. The molecule has 2 aromatic heterocycles. The predicted octanol–water partition coefficient (Wildman–Crippen LogP) is 1.93. The number of benzene rings is 1. The van der Waals surface area contributed by atoms with Crippen molar-refractivity contribution < 1.29 is 9.90 Å². The van der Waals surface area contributed by atoms with Crippen LogP contribution in [0.4, 0.5) is 0 Å². The normalized spacial score (nSPS) is 11.1. The van der Waals surface area contributed by atoms with Crippen molar-refractivity contribution in [2.24, 2.45) is 0 Å². The Kier molecular flexibility index (Phi) is 4.16. The fraction of sp³-hybridized carbons (Fsp3) is 0.294. The van der Waals surface area contributed by atoms with Crippen molar-refractivity contribution in [2.75, 3.05) is 0 Å². The summed E-state index contributed by atoms with van der Waals surface area (Å²) in [6, 6.07) is 9.54. The molecule has 0 atom stereocenters. The maximum absolute atomic E-state index is 12.7. The Bertz CT molecular complexity index is 957. The van der Waals surface area contributed by atoms with Gasteiger partial charge in [-0.25, -0.2) is 9.67 Å². The van der Waals surface area contributed by atoms with Gasteiger partial charge in [0.1, 0.15) is 11.2 Å². The van der Waals surface area contributed by atoms with E-state index in [0.717, 1.165) is 5.69 Å². The van der Waals surface area contributed by atoms with Crippen molar-refractivity contribution in [3.05, 3.63) is 52.1 Å². The fourth-order valence-electron chi connectivity index (χ4n) is 2.75. The summed E-state index contributed by atoms with van der Waals surface area (Å²) in [6.07, 6.45) is -0.0105. The molecule has 2 heterocycles. The average Bonchev–Trinajstić information content (AvgIpc) is 2.90. The highest BCUT2D eigenvalue weighted by Gasteiger charge is 2.18. The van der Waals surface area contributed by atoms with E-state index in [-0.39, 0.29) is 24.1 Å². The number of nitrogens with zero attached hydrogens (tertiary/aromatic N) is 4. The van der Waals surface area contributed by atoms with E-state index < -0.39 is 5.97 Å². The number of carbonyl (C=O) groups is 1. The van der Waals surface area contributed by atoms with Gasteiger partial charge in [-0.05, 0) is 26.0 Å². The second-order valence-corrected chi connectivity index (χ2v) is 5.51. The third kappa shape index (κ3) is 2.68. The number of aromatic nitrogens is 4. The lowest BCUT2D eigenvalue weighted by Crippen LogP contribution is -2.26. The molecule has 0 spiro atoms. The molecule has 7 heteroatoms. The van der Waals surface area contributed by atoms with Gasteiger partial charge in [-0.15, -0.1) is 0 Å². The Morgan fingerprint density at radius 2 is 1.96 bits per heavy atom. The fourth-order valence-corrected chi connectivity index (χ4v) is 2.75. The quantitative estimate of drug-likeness (QED) is 0.773. The smallest absolute Gasteiger partial charge is 0.303 e. The Morgan fingerprint density at radius 3 is 2.58 bits per heavy atom. The zero-order chi connectivity index (χ0) is 17.3. The summed E-state index contributed by atoms with van der Waals surface area (Å²) >= 11 is 0. The third-order valence-corrected chi connectivity index (χ3v) is 3.89. The van der Waals surface area contributed by atoms with Crippen LogP contribution in [0.5, 0.6) is 0 Å². The molecule has 3 rings (SSSR count). The van der Waals surface area contributed by atoms with E-state index in [1.807, 2.05) is 44.2 Å². The topological polar surface area (TPSA) is 90.0 Å². The van der Waals surface area contributed by atoms with E-state index in [9.17, 15) is 9.59 Å². The average molecular weight is 326 g/mol. The van der Waals surface area contributed by atoms with E-state index >= 15 is 0 Å². The molecule has 0 aliphatic carbocycles. The van der Waals surface area contributed by atoms with E-state index in [1.54, 1.807) is 9.25 Å². The maximum atomic E-state index is 12.7. The van der Waals surface area contributed by atoms with Gasteiger partial charge in [0.05, 0.1) is 17.8 Å². The molecule has 0 radical (unpaired) electrons. The van der Waals surface area contributed by atoms with Gasteiger partial charge < -0.3 is 5.11 Å². The molecule has 0 saturated heterocycles. The summed E-state index contributed by atoms with van der Waals surface area (Å²) in [4.78, 5) is 27.9. The van der Waals surface area contributed by atoms with Gasteiger partial charge in [-0.1, -0.05) is 18.2 Å². The van der Waals surface area contributed by atoms with E-state index in [0.29, 0.717) is 23.4 Å². The number of hydrogen-bond acceptors (Lipinski definition) is 4. The number of aliphatic carboxylic acids is 1. The molecule has 24 heavy (non-hydrogen) atoms. The van der Waals surface area contributed by atoms with Crippen molar-refractivity contribution in [2.45, 2.75) is 33.2 Å². The largest absolute Gasteiger partial charge is 0.481 e. The predicted molar refractivity (Wildman–Crippen MR) is 89.5 cm³/mol. The molecule has 0 bridgehead atoms. The van der Waals surface area contributed by atoms with Crippen molar-refractivity contribution in [1.82, 2.24) is 19.3 Å². The van der Waals surface area contributed by atoms with Crippen molar-refractivity contribution in [3.63, 3.8) is 0 Å². The monoisotopic (exact) mass is 326 g/mol. The van der Waals surface area contributed by atoms with Gasteiger partial charge in [0.2, 0.25) is 0 Å². The lowest BCUT2D eigenvalue weighted by Gasteiger charge is -2.10. The molecule has 3 aromatic rings. The van der Waals surface area contributed by atoms with Crippen LogP contribution in [0.2, 0.25) is 0 Å². The Morgan fingerprint density at radius 1 is 1.25 bits per heavy atom. The van der Waals surface area contributed by atoms with Gasteiger partial charge in [-0.3, -0.25) is 14.2 Å². The first-order valence-electron chi connectivity index (χ1n) is 7.79. The highest BCUT2D eigenvalue weighted by Crippen LogP contribution is 2.19. The van der Waals surface area contributed by atoms with Crippen LogP contribution in [0.15, 0.2) is 35.1 Å². The summed E-state index contributed by atoms with van der Waals surface area (Å²) in [5, 5.41) is 13.4. The molecule has 124 valence electrons. The van der Waals surface area contributed by atoms with Crippen LogP contribution in [-0.2, 0) is 17.8 Å². The summed E-state index contributed by atoms with van der Waals surface area (Å²) in [5.41, 5.74) is 2.81. The van der Waals surface area contributed by atoms with Crippen LogP contribution in [0, 0.1) is 6.92 Å². The van der Waals surface area contributed by atoms with Gasteiger partial charge >= 0.3 is 5.97 Å². The van der Waals surface area contributed by atoms with E-state index in [4.69, 9.17) is 5.11 Å². The van der Waals surface area contributed by atoms with Crippen LogP contribution in [0.3, 0.4) is 0 Å². The first-order valence-corrected chi connectivity index (χ1v) is 7.79. The number of carboxylic acid groups (broad SMARTS) is 1. The Labute approximate surface area is 138 Å². The molecule has 7 nitrogen and oxygen atoms in total. The SMILES string of the molecule is CCn1c(=O)c(CCC(=O)O)nc2c(C)nn(-c3ccccc3)c21. The summed E-state index contributed by atoms with van der Waals surface area (Å²) in [6.45, 7) is 4.16. The van der Waals surface area contributed by atoms with Gasteiger partial charge in [-0.2, -0.15) is 5.10 Å². The molecular weight excluding hydrogens is 308 g/mol. The Hall–Kier alpha value is -2.96. The lowest BCUT2D eigenvalue weighted by atomic mass is 10.2. The van der Waals surface area contributed by atoms with Crippen LogP contribution in [0.25, 0.3) is 16.9 Å². The molecule has 0 aliphatic heterocycles. The lowest BCUT2D eigenvalue weighted by molar-refractivity contribution is -0.136. The van der Waals surface area contributed by atoms with Crippen molar-refractivity contribution in [3.8, 4) is 5.69 Å². The minimum Gasteiger partial charge on any atom is -0.481 e. The molecule has 0 saturated carbocycles. The zero-order valence-corrected chi connectivity index (χ0v) is 13.6. The van der Waals surface area contributed by atoms with Crippen LogP contribution in [-0.4, -0.2) is 30.4 Å². The maximum Gasteiger partial charge on any atom is 0.303 e. The molecule has 1 aromatic carbocycles. The molecule has 0 amide bonds. The molecule has 0 fully saturated rings. The summed E-state index contributed by atoms with van der Waals surface area (Å²) in [7, 11) is 0. The first kappa shape index (κ1) is 15.9. The summed E-state index contributed by atoms with van der Waals surface area (Å²) < 4.78 is 3.32. The highest BCUT2D eigenvalue weighted by atomic mass is 16.4. The summed E-state index contributed by atoms with van der Waals surface area (Å²) in [5.74, 6) is -0.948. The molecule has 0 unspecified atom stereocenters. The highest BCUT2D eigenvalue weighted by molar-refractivity contribution is 5.76. The number of fused-ring (bicyclic) bond motifs is 1. The number of carboxylic acids is 1. The molecule has 0 aliphatic rings. The minimum atomic E-state index is -0.948. The molecular formula is C17H18N4O3. The molecule has 1 N–H and O–H groups in total. The second-order valence-electron chi connectivity index (χ2n) is 5.51. The van der Waals surface area contributed by atoms with Gasteiger partial charge in [0, 0.05) is 13.0 Å². The van der Waals surface area contributed by atoms with Crippen molar-refractivity contribution >= 4 is 17.1 Å². The standard InChI is InChI=1S/C17H18N4O3/c1-3-20-16-15(18-13(17(20)24)9-10-14(22)23)11(2)19-21(16)12-7-5-4-6-8-12/h4-8H,3,9-10H2,1-2H3,(H,22,23). The van der Waals surface area contributed by atoms with Gasteiger partial charge in [0.15, 0.2) is 5.65 Å². The van der Waals surface area contributed by atoms with E-state index in [1.165, 1.54) is 0 Å². The number of para-hydroxylation sites is 1. The van der Waals surface area contributed by atoms with Crippen LogP contribution in [0.1, 0.15) is 24.7 Å². The number of aryl methyl sites for hydroxylation is 3. The Balaban J connectivity index is 2.27. The third-order valence-electron chi connectivity index (χ3n) is 3.89. The second kappa shape index (κ2) is 6.27. The van der Waals surface area contributed by atoms with Crippen LogP contribution >= 0.6 is 0 Å². The number of rotatable bonds is 5. The first-order chi connectivity index (χ1) is 11.5.